The molecule has 2 heterocycles. The Morgan fingerprint density at radius 2 is 1.96 bits per heavy atom. The lowest BCUT2D eigenvalue weighted by Crippen LogP contribution is -2.27. The van der Waals surface area contributed by atoms with E-state index in [2.05, 4.69) is 10.3 Å². The van der Waals surface area contributed by atoms with Crippen LogP contribution in [0.5, 0.6) is 11.5 Å². The van der Waals surface area contributed by atoms with E-state index in [-0.39, 0.29) is 5.91 Å². The number of hydrogen-bond acceptors (Lipinski definition) is 6. The molecule has 3 rings (SSSR count). The molecule has 0 radical (unpaired) electrons. The molecule has 0 saturated heterocycles. The molecular formula is C18H18N2O3S2. The van der Waals surface area contributed by atoms with Gasteiger partial charge in [-0.1, -0.05) is 6.07 Å². The molecule has 0 fully saturated rings. The van der Waals surface area contributed by atoms with Crippen molar-refractivity contribution < 1.29 is 14.3 Å². The number of nitrogens with one attached hydrogen (secondary N) is 1. The topological polar surface area (TPSA) is 60.5 Å². The Kier molecular flexibility index (Phi) is 5.67. The first-order valence-corrected chi connectivity index (χ1v) is 9.43. The fourth-order valence-corrected chi connectivity index (χ4v) is 3.98. The Morgan fingerprint density at radius 1 is 1.20 bits per heavy atom. The fourth-order valence-electron chi connectivity index (χ4n) is 2.20. The van der Waals surface area contributed by atoms with Crippen LogP contribution in [0.4, 0.5) is 0 Å². The lowest BCUT2D eigenvalue weighted by molar-refractivity contribution is 0.0950. The van der Waals surface area contributed by atoms with Crippen molar-refractivity contribution in [1.29, 1.82) is 0 Å². The lowest BCUT2D eigenvalue weighted by Gasteiger charge is -2.08. The van der Waals surface area contributed by atoms with Crippen LogP contribution in [0.15, 0.2) is 41.8 Å². The summed E-state index contributed by atoms with van der Waals surface area (Å²) in [6, 6.07) is 11.3. The van der Waals surface area contributed by atoms with E-state index in [9.17, 15) is 4.79 Å². The standard InChI is InChI=1S/C18H18N2O3S2/c1-12-16(25-18(20-12)15-4-3-11-24-15)17(21)19-9-10-23-14-7-5-13(22-2)6-8-14/h3-8,11H,9-10H2,1-2H3,(H,19,21). The second-order valence-corrected chi connectivity index (χ2v) is 7.14. The smallest absolute Gasteiger partial charge is 0.263 e. The van der Waals surface area contributed by atoms with Gasteiger partial charge in [-0.2, -0.15) is 0 Å². The summed E-state index contributed by atoms with van der Waals surface area (Å²) in [7, 11) is 1.62. The van der Waals surface area contributed by atoms with E-state index in [0.717, 1.165) is 27.1 Å². The minimum absolute atomic E-state index is 0.115. The maximum atomic E-state index is 12.3. The lowest BCUT2D eigenvalue weighted by atomic mass is 10.3. The van der Waals surface area contributed by atoms with E-state index in [4.69, 9.17) is 9.47 Å². The van der Waals surface area contributed by atoms with Gasteiger partial charge in [0.1, 0.15) is 28.0 Å². The summed E-state index contributed by atoms with van der Waals surface area (Å²) in [5.41, 5.74) is 0.752. The van der Waals surface area contributed by atoms with Gasteiger partial charge in [0.05, 0.1) is 24.2 Å². The van der Waals surface area contributed by atoms with Gasteiger partial charge in [0.15, 0.2) is 0 Å². The van der Waals surface area contributed by atoms with Crippen LogP contribution in [0, 0.1) is 6.92 Å². The quantitative estimate of drug-likeness (QED) is 0.635. The predicted octanol–water partition coefficient (Wildman–Crippen LogP) is 4.00. The van der Waals surface area contributed by atoms with Gasteiger partial charge in [-0.25, -0.2) is 4.98 Å². The molecule has 1 amide bonds. The Morgan fingerprint density at radius 3 is 2.64 bits per heavy atom. The van der Waals surface area contributed by atoms with Gasteiger partial charge >= 0.3 is 0 Å². The number of carbonyl (C=O) groups excluding carboxylic acids is 1. The fraction of sp³-hybridized carbons (Fsp3) is 0.222. The van der Waals surface area contributed by atoms with Crippen molar-refractivity contribution >= 4 is 28.6 Å². The zero-order valence-electron chi connectivity index (χ0n) is 13.9. The molecule has 0 saturated carbocycles. The molecule has 0 aliphatic carbocycles. The van der Waals surface area contributed by atoms with Crippen molar-refractivity contribution in [3.05, 3.63) is 52.3 Å². The number of methoxy groups -OCH3 is 1. The average Bonchev–Trinajstić information content (AvgIpc) is 3.28. The number of hydrogen-bond donors (Lipinski definition) is 1. The van der Waals surface area contributed by atoms with Crippen LogP contribution in [0.2, 0.25) is 0 Å². The van der Waals surface area contributed by atoms with Crippen molar-refractivity contribution in [2.45, 2.75) is 6.92 Å². The summed E-state index contributed by atoms with van der Waals surface area (Å²) in [5, 5.41) is 5.76. The van der Waals surface area contributed by atoms with Crippen LogP contribution in [-0.2, 0) is 0 Å². The summed E-state index contributed by atoms with van der Waals surface area (Å²) < 4.78 is 10.7. The number of aromatic nitrogens is 1. The molecule has 5 nitrogen and oxygen atoms in total. The molecule has 0 aliphatic rings. The first-order chi connectivity index (χ1) is 12.2. The van der Waals surface area contributed by atoms with Crippen molar-refractivity contribution in [2.24, 2.45) is 0 Å². The van der Waals surface area contributed by atoms with E-state index >= 15 is 0 Å². The first kappa shape index (κ1) is 17.4. The normalized spacial score (nSPS) is 10.5. The molecule has 0 bridgehead atoms. The number of thiazole rings is 1. The summed E-state index contributed by atoms with van der Waals surface area (Å²) in [6.45, 7) is 2.68. The second kappa shape index (κ2) is 8.13. The largest absolute Gasteiger partial charge is 0.497 e. The Balaban J connectivity index is 1.51. The molecule has 0 unspecified atom stereocenters. The van der Waals surface area contributed by atoms with E-state index < -0.39 is 0 Å². The van der Waals surface area contributed by atoms with Crippen LogP contribution >= 0.6 is 22.7 Å². The average molecular weight is 374 g/mol. The Hall–Kier alpha value is -2.38. The van der Waals surface area contributed by atoms with E-state index in [1.807, 2.05) is 48.7 Å². The van der Waals surface area contributed by atoms with Gasteiger partial charge in [0.2, 0.25) is 0 Å². The van der Waals surface area contributed by atoms with Gasteiger partial charge in [0.25, 0.3) is 5.91 Å². The highest BCUT2D eigenvalue weighted by molar-refractivity contribution is 7.22. The molecule has 3 aromatic rings. The van der Waals surface area contributed by atoms with E-state index in [1.54, 1.807) is 18.4 Å². The number of carbonyl (C=O) groups is 1. The Bertz CT molecular complexity index is 827. The highest BCUT2D eigenvalue weighted by Crippen LogP contribution is 2.30. The summed E-state index contributed by atoms with van der Waals surface area (Å²) >= 11 is 3.04. The molecule has 0 spiro atoms. The van der Waals surface area contributed by atoms with Crippen molar-refractivity contribution in [3.63, 3.8) is 0 Å². The zero-order valence-corrected chi connectivity index (χ0v) is 15.6. The third kappa shape index (κ3) is 4.37. The van der Waals surface area contributed by atoms with Crippen molar-refractivity contribution in [3.8, 4) is 21.4 Å². The number of nitrogens with zero attached hydrogens (tertiary/aromatic N) is 1. The molecule has 0 atom stereocenters. The van der Waals surface area contributed by atoms with Gasteiger partial charge in [-0.15, -0.1) is 22.7 Å². The highest BCUT2D eigenvalue weighted by atomic mass is 32.1. The molecule has 1 N–H and O–H groups in total. The zero-order chi connectivity index (χ0) is 17.6. The number of benzene rings is 1. The number of amides is 1. The van der Waals surface area contributed by atoms with Crippen molar-refractivity contribution in [2.75, 3.05) is 20.3 Å². The minimum atomic E-state index is -0.115. The van der Waals surface area contributed by atoms with Crippen LogP contribution in [0.3, 0.4) is 0 Å². The number of rotatable bonds is 7. The Labute approximate surface area is 154 Å². The monoisotopic (exact) mass is 374 g/mol. The van der Waals surface area contributed by atoms with Crippen LogP contribution < -0.4 is 14.8 Å². The maximum Gasteiger partial charge on any atom is 0.263 e. The molecule has 1 aromatic carbocycles. The third-order valence-electron chi connectivity index (χ3n) is 3.45. The van der Waals surface area contributed by atoms with E-state index in [0.29, 0.717) is 18.0 Å². The molecule has 130 valence electrons. The van der Waals surface area contributed by atoms with Crippen molar-refractivity contribution in [1.82, 2.24) is 10.3 Å². The predicted molar refractivity (Wildman–Crippen MR) is 101 cm³/mol. The third-order valence-corrected chi connectivity index (χ3v) is 5.65. The molecule has 0 aliphatic heterocycles. The van der Waals surface area contributed by atoms with Gasteiger partial charge in [-0.05, 0) is 42.6 Å². The molecule has 25 heavy (non-hydrogen) atoms. The van der Waals surface area contributed by atoms with Crippen LogP contribution in [0.1, 0.15) is 15.4 Å². The van der Waals surface area contributed by atoms with E-state index in [1.165, 1.54) is 11.3 Å². The van der Waals surface area contributed by atoms with Crippen LogP contribution in [0.25, 0.3) is 9.88 Å². The number of aryl methyl sites for hydroxylation is 1. The maximum absolute atomic E-state index is 12.3. The summed E-state index contributed by atoms with van der Waals surface area (Å²) in [4.78, 5) is 18.6. The van der Waals surface area contributed by atoms with Gasteiger partial charge in [0, 0.05) is 0 Å². The highest BCUT2D eigenvalue weighted by Gasteiger charge is 2.16. The summed E-state index contributed by atoms with van der Waals surface area (Å²) in [6.07, 6.45) is 0. The number of ether oxygens (including phenoxy) is 2. The first-order valence-electron chi connectivity index (χ1n) is 7.73. The molecule has 7 heteroatoms. The number of thiophene rings is 1. The van der Waals surface area contributed by atoms with Crippen LogP contribution in [-0.4, -0.2) is 31.2 Å². The SMILES string of the molecule is COc1ccc(OCCNC(=O)c2sc(-c3cccs3)nc2C)cc1. The molecule has 2 aromatic heterocycles. The second-order valence-electron chi connectivity index (χ2n) is 5.19. The molecular weight excluding hydrogens is 356 g/mol. The van der Waals surface area contributed by atoms with Gasteiger partial charge in [-0.3, -0.25) is 4.79 Å². The minimum Gasteiger partial charge on any atom is -0.497 e. The van der Waals surface area contributed by atoms with Gasteiger partial charge < -0.3 is 14.8 Å². The summed E-state index contributed by atoms with van der Waals surface area (Å²) in [5.74, 6) is 1.41.